The van der Waals surface area contributed by atoms with Gasteiger partial charge in [-0.2, -0.15) is 0 Å². The zero-order chi connectivity index (χ0) is 13.7. The summed E-state index contributed by atoms with van der Waals surface area (Å²) >= 11 is 6.19. The van der Waals surface area contributed by atoms with Gasteiger partial charge in [0.2, 0.25) is 0 Å². The van der Waals surface area contributed by atoms with Crippen LogP contribution in [0, 0.1) is 0 Å². The van der Waals surface area contributed by atoms with Crippen molar-refractivity contribution in [1.82, 2.24) is 5.32 Å². The molecule has 2 atom stereocenters. The van der Waals surface area contributed by atoms with Crippen LogP contribution < -0.4 is 5.32 Å². The van der Waals surface area contributed by atoms with Crippen LogP contribution in [-0.4, -0.2) is 11.7 Å². The fourth-order valence-corrected chi connectivity index (χ4v) is 2.46. The largest absolute Gasteiger partial charge is 0.394 e. The molecule has 0 spiro atoms. The highest BCUT2D eigenvalue weighted by Gasteiger charge is 2.15. The minimum absolute atomic E-state index is 0.0544. The summed E-state index contributed by atoms with van der Waals surface area (Å²) < 4.78 is 0. The highest BCUT2D eigenvalue weighted by atomic mass is 35.5. The first-order chi connectivity index (χ1) is 9.22. The van der Waals surface area contributed by atoms with E-state index in [-0.39, 0.29) is 18.7 Å². The molecule has 0 heterocycles. The molecule has 0 fully saturated rings. The lowest BCUT2D eigenvalue weighted by molar-refractivity contribution is 0.235. The fourth-order valence-electron chi connectivity index (χ4n) is 2.16. The van der Waals surface area contributed by atoms with Crippen molar-refractivity contribution in [2.75, 3.05) is 6.61 Å². The third-order valence-electron chi connectivity index (χ3n) is 3.21. The van der Waals surface area contributed by atoms with Gasteiger partial charge >= 0.3 is 0 Å². The molecule has 0 aliphatic heterocycles. The Balaban J connectivity index is 2.13. The van der Waals surface area contributed by atoms with E-state index in [4.69, 9.17) is 11.6 Å². The van der Waals surface area contributed by atoms with Crippen LogP contribution in [0.15, 0.2) is 54.6 Å². The van der Waals surface area contributed by atoms with E-state index in [2.05, 4.69) is 5.32 Å². The molecule has 0 amide bonds. The first kappa shape index (κ1) is 14.1. The number of aliphatic hydroxyl groups is 1. The number of rotatable bonds is 5. The Kier molecular flexibility index (Phi) is 4.97. The Morgan fingerprint density at radius 3 is 2.32 bits per heavy atom. The van der Waals surface area contributed by atoms with Gasteiger partial charge in [0, 0.05) is 11.1 Å². The van der Waals surface area contributed by atoms with Gasteiger partial charge in [0.1, 0.15) is 0 Å². The molecule has 2 N–H and O–H groups in total. The Morgan fingerprint density at radius 2 is 1.68 bits per heavy atom. The summed E-state index contributed by atoms with van der Waals surface area (Å²) in [5.74, 6) is 0. The molecule has 0 radical (unpaired) electrons. The van der Waals surface area contributed by atoms with Crippen molar-refractivity contribution in [2.24, 2.45) is 0 Å². The fraction of sp³-hybridized carbons (Fsp3) is 0.250. The molecule has 2 unspecified atom stereocenters. The monoisotopic (exact) mass is 275 g/mol. The van der Waals surface area contributed by atoms with Gasteiger partial charge in [0.25, 0.3) is 0 Å². The van der Waals surface area contributed by atoms with Crippen LogP contribution >= 0.6 is 11.6 Å². The normalized spacial score (nSPS) is 14.1. The van der Waals surface area contributed by atoms with Gasteiger partial charge in [0.05, 0.1) is 12.6 Å². The molecule has 0 aromatic heterocycles. The number of nitrogens with one attached hydrogen (secondary N) is 1. The third kappa shape index (κ3) is 3.57. The first-order valence-electron chi connectivity index (χ1n) is 6.38. The SMILES string of the molecule is CC(NC(CO)c1ccccc1)c1ccccc1Cl. The van der Waals surface area contributed by atoms with Gasteiger partial charge in [-0.3, -0.25) is 0 Å². The van der Waals surface area contributed by atoms with Gasteiger partial charge in [-0.25, -0.2) is 0 Å². The lowest BCUT2D eigenvalue weighted by Crippen LogP contribution is -2.27. The number of hydrogen-bond donors (Lipinski definition) is 2. The highest BCUT2D eigenvalue weighted by molar-refractivity contribution is 6.31. The second-order valence-corrected chi connectivity index (χ2v) is 4.96. The van der Waals surface area contributed by atoms with Crippen molar-refractivity contribution in [2.45, 2.75) is 19.0 Å². The predicted octanol–water partition coefficient (Wildman–Crippen LogP) is 3.72. The molecule has 2 nitrogen and oxygen atoms in total. The van der Waals surface area contributed by atoms with Crippen molar-refractivity contribution < 1.29 is 5.11 Å². The van der Waals surface area contributed by atoms with Crippen LogP contribution in [0.2, 0.25) is 5.02 Å². The molecule has 0 saturated heterocycles. The van der Waals surface area contributed by atoms with E-state index in [1.165, 1.54) is 0 Å². The second-order valence-electron chi connectivity index (χ2n) is 4.56. The van der Waals surface area contributed by atoms with E-state index >= 15 is 0 Å². The summed E-state index contributed by atoms with van der Waals surface area (Å²) in [7, 11) is 0. The maximum absolute atomic E-state index is 9.55. The van der Waals surface area contributed by atoms with E-state index in [0.29, 0.717) is 0 Å². The maximum atomic E-state index is 9.55. The molecular formula is C16H18ClNO. The Bertz CT molecular complexity index is 515. The average molecular weight is 276 g/mol. The van der Waals surface area contributed by atoms with Crippen LogP contribution in [-0.2, 0) is 0 Å². The Morgan fingerprint density at radius 1 is 1.05 bits per heavy atom. The van der Waals surface area contributed by atoms with Crippen LogP contribution in [0.5, 0.6) is 0 Å². The average Bonchev–Trinajstić information content (AvgIpc) is 2.46. The molecule has 2 rings (SSSR count). The van der Waals surface area contributed by atoms with Gasteiger partial charge in [-0.15, -0.1) is 0 Å². The second kappa shape index (κ2) is 6.71. The lowest BCUT2D eigenvalue weighted by atomic mass is 10.0. The van der Waals surface area contributed by atoms with E-state index in [1.54, 1.807) is 0 Å². The molecule has 100 valence electrons. The number of halogens is 1. The van der Waals surface area contributed by atoms with Crippen molar-refractivity contribution in [3.63, 3.8) is 0 Å². The number of aliphatic hydroxyl groups excluding tert-OH is 1. The van der Waals surface area contributed by atoms with Crippen LogP contribution in [0.3, 0.4) is 0 Å². The van der Waals surface area contributed by atoms with Gasteiger partial charge in [-0.05, 0) is 24.1 Å². The Labute approximate surface area is 119 Å². The number of benzene rings is 2. The van der Waals surface area contributed by atoms with E-state index in [9.17, 15) is 5.11 Å². The van der Waals surface area contributed by atoms with E-state index in [0.717, 1.165) is 16.1 Å². The standard InChI is InChI=1S/C16H18ClNO/c1-12(14-9-5-6-10-15(14)17)18-16(11-19)13-7-3-2-4-8-13/h2-10,12,16,18-19H,11H2,1H3. The summed E-state index contributed by atoms with van der Waals surface area (Å²) in [6.07, 6.45) is 0. The minimum atomic E-state index is -0.0903. The summed E-state index contributed by atoms with van der Waals surface area (Å²) in [6, 6.07) is 17.7. The zero-order valence-electron chi connectivity index (χ0n) is 10.9. The van der Waals surface area contributed by atoms with E-state index < -0.39 is 0 Å². The molecule has 19 heavy (non-hydrogen) atoms. The van der Waals surface area contributed by atoms with Gasteiger partial charge < -0.3 is 10.4 Å². The lowest BCUT2D eigenvalue weighted by Gasteiger charge is -2.23. The quantitative estimate of drug-likeness (QED) is 0.872. The summed E-state index contributed by atoms with van der Waals surface area (Å²) in [4.78, 5) is 0. The molecule has 2 aromatic rings. The van der Waals surface area contributed by atoms with Crippen molar-refractivity contribution in [3.05, 3.63) is 70.7 Å². The van der Waals surface area contributed by atoms with Crippen molar-refractivity contribution in [1.29, 1.82) is 0 Å². The summed E-state index contributed by atoms with van der Waals surface area (Å²) in [6.45, 7) is 2.10. The third-order valence-corrected chi connectivity index (χ3v) is 3.55. The minimum Gasteiger partial charge on any atom is -0.394 e. The molecule has 2 aromatic carbocycles. The van der Waals surface area contributed by atoms with Crippen molar-refractivity contribution in [3.8, 4) is 0 Å². The first-order valence-corrected chi connectivity index (χ1v) is 6.76. The zero-order valence-corrected chi connectivity index (χ0v) is 11.6. The topological polar surface area (TPSA) is 32.3 Å². The van der Waals surface area contributed by atoms with Crippen molar-refractivity contribution >= 4 is 11.6 Å². The molecule has 3 heteroatoms. The molecule has 0 aliphatic rings. The molecular weight excluding hydrogens is 258 g/mol. The van der Waals surface area contributed by atoms with E-state index in [1.807, 2.05) is 61.5 Å². The van der Waals surface area contributed by atoms with Crippen LogP contribution in [0.4, 0.5) is 0 Å². The molecule has 0 saturated carbocycles. The van der Waals surface area contributed by atoms with Gasteiger partial charge in [-0.1, -0.05) is 60.1 Å². The predicted molar refractivity (Wildman–Crippen MR) is 79.3 cm³/mol. The summed E-state index contributed by atoms with van der Waals surface area (Å²) in [5.41, 5.74) is 2.11. The summed E-state index contributed by atoms with van der Waals surface area (Å²) in [5, 5.41) is 13.7. The Hall–Kier alpha value is -1.35. The van der Waals surface area contributed by atoms with Gasteiger partial charge in [0.15, 0.2) is 0 Å². The highest BCUT2D eigenvalue weighted by Crippen LogP contribution is 2.25. The smallest absolute Gasteiger partial charge is 0.0626 e. The molecule has 0 bridgehead atoms. The number of hydrogen-bond acceptors (Lipinski definition) is 2. The maximum Gasteiger partial charge on any atom is 0.0626 e. The van der Waals surface area contributed by atoms with Crippen LogP contribution in [0.25, 0.3) is 0 Å². The van der Waals surface area contributed by atoms with Crippen LogP contribution in [0.1, 0.15) is 30.1 Å². The molecule has 0 aliphatic carbocycles.